The van der Waals surface area contributed by atoms with E-state index < -0.39 is 0 Å². The topological polar surface area (TPSA) is 85.6 Å². The van der Waals surface area contributed by atoms with Crippen molar-refractivity contribution in [3.05, 3.63) is 82.5 Å². The van der Waals surface area contributed by atoms with Gasteiger partial charge in [0.05, 0.1) is 9.95 Å². The number of aryl methyl sites for hydroxylation is 1. The summed E-state index contributed by atoms with van der Waals surface area (Å²) in [5.74, 6) is 1.37. The highest BCUT2D eigenvalue weighted by Crippen LogP contribution is 2.37. The average molecular weight is 478 g/mol. The monoisotopic (exact) mass is 477 g/mol. The van der Waals surface area contributed by atoms with Gasteiger partial charge in [-0.1, -0.05) is 18.2 Å². The molecule has 3 aromatic rings. The zero-order valence-corrected chi connectivity index (χ0v) is 19.9. The van der Waals surface area contributed by atoms with Crippen LogP contribution in [0.25, 0.3) is 0 Å². The van der Waals surface area contributed by atoms with Crippen molar-refractivity contribution in [1.29, 1.82) is 0 Å². The Labute approximate surface area is 203 Å². The molecule has 1 aliphatic rings. The molecule has 7 nitrogen and oxygen atoms in total. The third-order valence-electron chi connectivity index (χ3n) is 5.78. The van der Waals surface area contributed by atoms with E-state index in [4.69, 9.17) is 4.74 Å². The first-order chi connectivity index (χ1) is 16.5. The number of rotatable bonds is 9. The van der Waals surface area contributed by atoms with Gasteiger partial charge in [0.25, 0.3) is 5.69 Å². The van der Waals surface area contributed by atoms with Gasteiger partial charge in [-0.25, -0.2) is 4.98 Å². The van der Waals surface area contributed by atoms with Crippen LogP contribution in [0.2, 0.25) is 0 Å². The largest absolute Gasteiger partial charge is 0.457 e. The molecule has 0 N–H and O–H groups in total. The van der Waals surface area contributed by atoms with Gasteiger partial charge in [-0.2, -0.15) is 0 Å². The Morgan fingerprint density at radius 2 is 1.85 bits per heavy atom. The Hall–Kier alpha value is -3.39. The van der Waals surface area contributed by atoms with Crippen molar-refractivity contribution in [2.45, 2.75) is 42.9 Å². The number of hydrogen-bond acceptors (Lipinski definition) is 7. The number of aromatic nitrogens is 1. The molecule has 0 radical (unpaired) electrons. The van der Waals surface area contributed by atoms with Gasteiger partial charge in [-0.15, -0.1) is 11.8 Å². The molecule has 2 aromatic carbocycles. The predicted octanol–water partition coefficient (Wildman–Crippen LogP) is 6.06. The van der Waals surface area contributed by atoms with Crippen LogP contribution >= 0.6 is 11.8 Å². The molecule has 0 saturated carbocycles. The third kappa shape index (κ3) is 6.35. The summed E-state index contributed by atoms with van der Waals surface area (Å²) in [6.07, 6.45) is 4.86. The molecule has 1 saturated heterocycles. The number of nitro groups is 1. The summed E-state index contributed by atoms with van der Waals surface area (Å²) in [6.45, 7) is 3.06. The Morgan fingerprint density at radius 1 is 1.12 bits per heavy atom. The number of anilines is 1. The molecule has 0 bridgehead atoms. The normalized spacial score (nSPS) is 14.1. The molecule has 1 aromatic heterocycles. The molecular weight excluding hydrogens is 450 g/mol. The maximum absolute atomic E-state index is 11.7. The minimum Gasteiger partial charge on any atom is -0.457 e. The number of hydrogen-bond donors (Lipinski definition) is 0. The van der Waals surface area contributed by atoms with Gasteiger partial charge in [-0.05, 0) is 62.1 Å². The number of thioether (sulfide) groups is 1. The molecule has 176 valence electrons. The molecule has 1 aliphatic heterocycles. The lowest BCUT2D eigenvalue weighted by molar-refractivity contribution is -0.384. The molecule has 0 amide bonds. The van der Waals surface area contributed by atoms with Crippen molar-refractivity contribution in [3.63, 3.8) is 0 Å². The molecule has 2 heterocycles. The van der Waals surface area contributed by atoms with E-state index in [1.165, 1.54) is 6.07 Å². The van der Waals surface area contributed by atoms with E-state index in [1.807, 2.05) is 42.5 Å². The number of pyridine rings is 1. The van der Waals surface area contributed by atoms with E-state index in [-0.39, 0.29) is 16.4 Å². The number of Topliss-reactive ketones (excluding diaryl/α,β-unsaturated/α-hetero) is 1. The number of ketones is 1. The molecule has 8 heteroatoms. The van der Waals surface area contributed by atoms with E-state index in [9.17, 15) is 14.9 Å². The van der Waals surface area contributed by atoms with E-state index >= 15 is 0 Å². The van der Waals surface area contributed by atoms with Crippen molar-refractivity contribution in [2.75, 3.05) is 18.0 Å². The summed E-state index contributed by atoms with van der Waals surface area (Å²) in [6, 6.07) is 18.4. The zero-order chi connectivity index (χ0) is 23.9. The fourth-order valence-electron chi connectivity index (χ4n) is 3.96. The maximum Gasteiger partial charge on any atom is 0.292 e. The van der Waals surface area contributed by atoms with Crippen molar-refractivity contribution in [3.8, 4) is 11.5 Å². The van der Waals surface area contributed by atoms with E-state index in [0.717, 1.165) is 36.5 Å². The number of benzene rings is 2. The molecule has 0 spiro atoms. The molecule has 4 rings (SSSR count). The second-order valence-corrected chi connectivity index (χ2v) is 9.65. The van der Waals surface area contributed by atoms with Crippen molar-refractivity contribution >= 4 is 28.9 Å². The van der Waals surface area contributed by atoms with Crippen LogP contribution in [0.4, 0.5) is 11.4 Å². The number of carbonyl (C=O) groups is 1. The average Bonchev–Trinajstić information content (AvgIpc) is 2.84. The van der Waals surface area contributed by atoms with Gasteiger partial charge in [0, 0.05) is 43.1 Å². The lowest BCUT2D eigenvalue weighted by Crippen LogP contribution is -2.35. The number of nitro benzene ring substituents is 1. The van der Waals surface area contributed by atoms with Crippen LogP contribution in [0.1, 0.15) is 31.7 Å². The quantitative estimate of drug-likeness (QED) is 0.273. The van der Waals surface area contributed by atoms with Gasteiger partial charge in [0.15, 0.2) is 0 Å². The Morgan fingerprint density at radius 3 is 2.50 bits per heavy atom. The summed E-state index contributed by atoms with van der Waals surface area (Å²) in [4.78, 5) is 29.0. The Balaban J connectivity index is 1.43. The fraction of sp³-hybridized carbons (Fsp3) is 0.308. The summed E-state index contributed by atoms with van der Waals surface area (Å²) in [7, 11) is 0. The first-order valence-electron chi connectivity index (χ1n) is 11.4. The van der Waals surface area contributed by atoms with Crippen LogP contribution in [0.3, 0.4) is 0 Å². The first-order valence-corrected chi connectivity index (χ1v) is 12.2. The van der Waals surface area contributed by atoms with Crippen LogP contribution in [-0.4, -0.2) is 34.0 Å². The highest BCUT2D eigenvalue weighted by atomic mass is 32.2. The van der Waals surface area contributed by atoms with Gasteiger partial charge in [-0.3, -0.25) is 10.1 Å². The molecular formula is C26H27N3O4S. The Kier molecular flexibility index (Phi) is 7.80. The van der Waals surface area contributed by atoms with E-state index in [2.05, 4.69) is 9.88 Å². The molecule has 0 aliphatic carbocycles. The Bertz CT molecular complexity index is 1130. The molecule has 1 fully saturated rings. The van der Waals surface area contributed by atoms with E-state index in [0.29, 0.717) is 35.3 Å². The van der Waals surface area contributed by atoms with Crippen LogP contribution in [0, 0.1) is 10.1 Å². The van der Waals surface area contributed by atoms with E-state index in [1.54, 1.807) is 37.0 Å². The summed E-state index contributed by atoms with van der Waals surface area (Å²) in [5.41, 5.74) is 1.74. The standard InChI is InChI=1S/C26H27N3O4S/c1-19(30)5-6-20-7-9-21(10-8-20)33-22-11-12-24(29(31)32)25(18-22)28-16-13-23(14-17-28)34-26-4-2-3-15-27-26/h2-4,7-12,15,18,23H,5-6,13-14,16-17H2,1H3. The first kappa shape index (κ1) is 23.8. The fourth-order valence-corrected chi connectivity index (χ4v) is 5.02. The van der Waals surface area contributed by atoms with Crippen LogP contribution in [-0.2, 0) is 11.2 Å². The minimum atomic E-state index is -0.336. The third-order valence-corrected chi connectivity index (χ3v) is 7.06. The number of nitrogens with zero attached hydrogens (tertiary/aromatic N) is 3. The summed E-state index contributed by atoms with van der Waals surface area (Å²) in [5, 5.41) is 13.1. The maximum atomic E-state index is 11.7. The van der Waals surface area contributed by atoms with Gasteiger partial charge in [0.1, 0.15) is 23.0 Å². The van der Waals surface area contributed by atoms with Crippen LogP contribution in [0.5, 0.6) is 11.5 Å². The number of carbonyl (C=O) groups excluding carboxylic acids is 1. The van der Waals surface area contributed by atoms with Crippen molar-refractivity contribution < 1.29 is 14.5 Å². The minimum absolute atomic E-state index is 0.0859. The number of piperidine rings is 1. The van der Waals surface area contributed by atoms with Gasteiger partial charge >= 0.3 is 0 Å². The summed E-state index contributed by atoms with van der Waals surface area (Å²) < 4.78 is 6.00. The van der Waals surface area contributed by atoms with Crippen LogP contribution < -0.4 is 9.64 Å². The molecule has 34 heavy (non-hydrogen) atoms. The van der Waals surface area contributed by atoms with Gasteiger partial charge < -0.3 is 14.4 Å². The molecule has 0 unspecified atom stereocenters. The SMILES string of the molecule is CC(=O)CCc1ccc(Oc2ccc([N+](=O)[O-])c(N3CCC(Sc4ccccn4)CC3)c2)cc1. The zero-order valence-electron chi connectivity index (χ0n) is 19.1. The second-order valence-electron chi connectivity index (χ2n) is 8.33. The molecule has 0 atom stereocenters. The van der Waals surface area contributed by atoms with Crippen molar-refractivity contribution in [2.24, 2.45) is 0 Å². The predicted molar refractivity (Wildman–Crippen MR) is 134 cm³/mol. The smallest absolute Gasteiger partial charge is 0.292 e. The van der Waals surface area contributed by atoms with Gasteiger partial charge in [0.2, 0.25) is 0 Å². The highest BCUT2D eigenvalue weighted by molar-refractivity contribution is 7.99. The lowest BCUT2D eigenvalue weighted by atomic mass is 10.1. The number of ether oxygens (including phenoxy) is 1. The van der Waals surface area contributed by atoms with Crippen LogP contribution in [0.15, 0.2) is 71.9 Å². The summed E-state index contributed by atoms with van der Waals surface area (Å²) >= 11 is 1.77. The lowest BCUT2D eigenvalue weighted by Gasteiger charge is -2.33. The van der Waals surface area contributed by atoms with Crippen molar-refractivity contribution in [1.82, 2.24) is 4.98 Å². The second kappa shape index (κ2) is 11.2. The highest BCUT2D eigenvalue weighted by Gasteiger charge is 2.26.